The average molecular weight is 263 g/mol. The third kappa shape index (κ3) is 2.31. The zero-order chi connectivity index (χ0) is 13.4. The van der Waals surface area contributed by atoms with Gasteiger partial charge in [0.1, 0.15) is 29.2 Å². The molecule has 0 spiro atoms. The van der Waals surface area contributed by atoms with Crippen LogP contribution >= 0.6 is 0 Å². The number of halogens is 2. The van der Waals surface area contributed by atoms with Crippen molar-refractivity contribution < 1.29 is 8.78 Å². The third-order valence-electron chi connectivity index (χ3n) is 2.83. The second kappa shape index (κ2) is 4.42. The summed E-state index contributed by atoms with van der Waals surface area (Å²) in [4.78, 5) is 11.6. The summed E-state index contributed by atoms with van der Waals surface area (Å²) in [6.45, 7) is 0. The zero-order valence-corrected chi connectivity index (χ0v) is 9.90. The number of aromatic nitrogens is 3. The summed E-state index contributed by atoms with van der Waals surface area (Å²) in [5, 5.41) is 3.12. The third-order valence-corrected chi connectivity index (χ3v) is 2.83. The summed E-state index contributed by atoms with van der Waals surface area (Å²) in [6.07, 6.45) is 4.32. The van der Waals surface area contributed by atoms with Crippen LogP contribution in [0.25, 0.3) is 11.4 Å². The highest BCUT2D eigenvalue weighted by atomic mass is 19.1. The van der Waals surface area contributed by atoms with Gasteiger partial charge in [0.2, 0.25) is 0 Å². The molecule has 98 valence electrons. The molecule has 1 aliphatic carbocycles. The Hall–Kier alpha value is -2.31. The first-order chi connectivity index (χ1) is 9.15. The number of nitrogens with one attached hydrogen (secondary N) is 1. The quantitative estimate of drug-likeness (QED) is 0.885. The maximum Gasteiger partial charge on any atom is 0.154 e. The van der Waals surface area contributed by atoms with Crippen LogP contribution in [-0.2, 0) is 0 Å². The standard InChI is InChI=1S/C12H11F2N5/c13-6-3-8(14)10(16-4-6)11-9(15)12(18-5-17-11)19-7-1-2-7/h3-5,7H,1-2,15H2,(H,17,18,19). The van der Waals surface area contributed by atoms with Crippen LogP contribution in [0.2, 0.25) is 0 Å². The molecule has 0 aliphatic heterocycles. The number of rotatable bonds is 3. The fourth-order valence-corrected chi connectivity index (χ4v) is 1.71. The normalized spacial score (nSPS) is 14.4. The summed E-state index contributed by atoms with van der Waals surface area (Å²) in [6, 6.07) is 1.11. The van der Waals surface area contributed by atoms with Gasteiger partial charge in [0, 0.05) is 12.1 Å². The number of nitrogens with zero attached hydrogens (tertiary/aromatic N) is 3. The van der Waals surface area contributed by atoms with Gasteiger partial charge < -0.3 is 11.1 Å². The van der Waals surface area contributed by atoms with Gasteiger partial charge in [-0.15, -0.1) is 0 Å². The highest BCUT2D eigenvalue weighted by Crippen LogP contribution is 2.31. The lowest BCUT2D eigenvalue weighted by molar-refractivity contribution is 0.576. The van der Waals surface area contributed by atoms with Crippen molar-refractivity contribution in [2.45, 2.75) is 18.9 Å². The zero-order valence-electron chi connectivity index (χ0n) is 9.90. The van der Waals surface area contributed by atoms with Crippen LogP contribution in [0.1, 0.15) is 12.8 Å². The molecule has 0 atom stereocenters. The molecule has 2 heterocycles. The van der Waals surface area contributed by atoms with Gasteiger partial charge in [0.15, 0.2) is 11.6 Å². The topological polar surface area (TPSA) is 76.7 Å². The number of pyridine rings is 1. The number of nitrogens with two attached hydrogens (primary N) is 1. The lowest BCUT2D eigenvalue weighted by Gasteiger charge is -2.10. The minimum atomic E-state index is -0.803. The second-order valence-corrected chi connectivity index (χ2v) is 4.39. The van der Waals surface area contributed by atoms with Gasteiger partial charge in [-0.25, -0.2) is 23.7 Å². The first-order valence-corrected chi connectivity index (χ1v) is 5.83. The van der Waals surface area contributed by atoms with Gasteiger partial charge in [-0.3, -0.25) is 0 Å². The summed E-state index contributed by atoms with van der Waals surface area (Å²) in [5.74, 6) is -1.09. The molecule has 0 aromatic carbocycles. The second-order valence-electron chi connectivity index (χ2n) is 4.39. The molecular formula is C12H11F2N5. The fourth-order valence-electron chi connectivity index (χ4n) is 1.71. The van der Waals surface area contributed by atoms with E-state index in [1.165, 1.54) is 6.33 Å². The van der Waals surface area contributed by atoms with Gasteiger partial charge in [-0.05, 0) is 12.8 Å². The predicted octanol–water partition coefficient (Wildman–Crippen LogP) is 1.97. The number of nitrogen functional groups attached to an aromatic ring is 1. The Bertz CT molecular complexity index is 628. The average Bonchev–Trinajstić information content (AvgIpc) is 3.17. The Morgan fingerprint density at radius 3 is 2.63 bits per heavy atom. The predicted molar refractivity (Wildman–Crippen MR) is 66.2 cm³/mol. The lowest BCUT2D eigenvalue weighted by atomic mass is 10.2. The molecule has 0 amide bonds. The summed E-state index contributed by atoms with van der Waals surface area (Å²) >= 11 is 0. The van der Waals surface area contributed by atoms with E-state index in [2.05, 4.69) is 20.3 Å². The van der Waals surface area contributed by atoms with Crippen molar-refractivity contribution >= 4 is 11.5 Å². The SMILES string of the molecule is Nc1c(NC2CC2)ncnc1-c1ncc(F)cc1F. The van der Waals surface area contributed by atoms with E-state index in [9.17, 15) is 8.78 Å². The van der Waals surface area contributed by atoms with Gasteiger partial charge >= 0.3 is 0 Å². The number of hydrogen-bond donors (Lipinski definition) is 2. The van der Waals surface area contributed by atoms with E-state index in [1.54, 1.807) is 0 Å². The van der Waals surface area contributed by atoms with Crippen molar-refractivity contribution in [1.82, 2.24) is 15.0 Å². The Morgan fingerprint density at radius 1 is 1.16 bits per heavy atom. The molecule has 0 saturated heterocycles. The van der Waals surface area contributed by atoms with Gasteiger partial charge in [0.25, 0.3) is 0 Å². The minimum Gasteiger partial charge on any atom is -0.394 e. The Balaban J connectivity index is 2.03. The van der Waals surface area contributed by atoms with Crippen molar-refractivity contribution in [3.63, 3.8) is 0 Å². The first kappa shape index (κ1) is 11.8. The van der Waals surface area contributed by atoms with Crippen molar-refractivity contribution in [3.8, 4) is 11.4 Å². The highest BCUT2D eigenvalue weighted by Gasteiger charge is 2.24. The smallest absolute Gasteiger partial charge is 0.154 e. The molecule has 1 aliphatic rings. The number of anilines is 2. The van der Waals surface area contributed by atoms with Crippen LogP contribution in [0, 0.1) is 11.6 Å². The summed E-state index contributed by atoms with van der Waals surface area (Å²) in [7, 11) is 0. The van der Waals surface area contributed by atoms with Crippen LogP contribution in [0.3, 0.4) is 0 Å². The van der Waals surface area contributed by atoms with E-state index in [1.807, 2.05) is 0 Å². The maximum absolute atomic E-state index is 13.7. The summed E-state index contributed by atoms with van der Waals surface area (Å²) < 4.78 is 26.5. The van der Waals surface area contributed by atoms with Crippen molar-refractivity contribution in [1.29, 1.82) is 0 Å². The van der Waals surface area contributed by atoms with E-state index in [0.717, 1.165) is 25.1 Å². The van der Waals surface area contributed by atoms with Crippen molar-refractivity contribution in [3.05, 3.63) is 30.2 Å². The molecule has 19 heavy (non-hydrogen) atoms. The molecule has 2 aromatic heterocycles. The van der Waals surface area contributed by atoms with Gasteiger partial charge in [-0.2, -0.15) is 0 Å². The molecular weight excluding hydrogens is 252 g/mol. The fraction of sp³-hybridized carbons (Fsp3) is 0.250. The van der Waals surface area contributed by atoms with Crippen molar-refractivity contribution in [2.24, 2.45) is 0 Å². The largest absolute Gasteiger partial charge is 0.394 e. The van der Waals surface area contributed by atoms with Crippen LogP contribution in [-0.4, -0.2) is 21.0 Å². The number of hydrogen-bond acceptors (Lipinski definition) is 5. The Kier molecular flexibility index (Phi) is 2.73. The van der Waals surface area contributed by atoms with Gasteiger partial charge in [0.05, 0.1) is 6.20 Å². The molecule has 2 aromatic rings. The van der Waals surface area contributed by atoms with Crippen LogP contribution in [0.4, 0.5) is 20.3 Å². The summed E-state index contributed by atoms with van der Waals surface area (Å²) in [5.41, 5.74) is 6.21. The molecule has 0 radical (unpaired) electrons. The van der Waals surface area contributed by atoms with E-state index in [4.69, 9.17) is 5.73 Å². The van der Waals surface area contributed by atoms with E-state index in [-0.39, 0.29) is 17.1 Å². The van der Waals surface area contributed by atoms with Crippen LogP contribution < -0.4 is 11.1 Å². The van der Waals surface area contributed by atoms with Crippen LogP contribution in [0.5, 0.6) is 0 Å². The molecule has 7 heteroatoms. The van der Waals surface area contributed by atoms with Gasteiger partial charge in [-0.1, -0.05) is 0 Å². The van der Waals surface area contributed by atoms with E-state index >= 15 is 0 Å². The molecule has 5 nitrogen and oxygen atoms in total. The Morgan fingerprint density at radius 2 is 1.95 bits per heavy atom. The van der Waals surface area contributed by atoms with E-state index < -0.39 is 11.6 Å². The molecule has 3 N–H and O–H groups in total. The molecule has 0 unspecified atom stereocenters. The first-order valence-electron chi connectivity index (χ1n) is 5.83. The highest BCUT2D eigenvalue weighted by molar-refractivity contribution is 5.78. The lowest BCUT2D eigenvalue weighted by Crippen LogP contribution is -2.09. The van der Waals surface area contributed by atoms with Crippen molar-refractivity contribution in [2.75, 3.05) is 11.1 Å². The van der Waals surface area contributed by atoms with E-state index in [0.29, 0.717) is 11.9 Å². The molecule has 1 fully saturated rings. The Labute approximate surface area is 107 Å². The molecule has 0 bridgehead atoms. The molecule has 1 saturated carbocycles. The minimum absolute atomic E-state index is 0.0832. The van der Waals surface area contributed by atoms with Crippen LogP contribution in [0.15, 0.2) is 18.6 Å². The monoisotopic (exact) mass is 263 g/mol. The molecule has 3 rings (SSSR count). The maximum atomic E-state index is 13.7.